The predicted molar refractivity (Wildman–Crippen MR) is 61.7 cm³/mol. The molecule has 15 heavy (non-hydrogen) atoms. The van der Waals surface area contributed by atoms with E-state index in [1.807, 2.05) is 0 Å². The van der Waals surface area contributed by atoms with Crippen molar-refractivity contribution in [3.05, 3.63) is 24.3 Å². The molecule has 0 saturated heterocycles. The molecular formula is C10H14BrNO3. The van der Waals surface area contributed by atoms with Crippen LogP contribution in [0.15, 0.2) is 24.3 Å². The van der Waals surface area contributed by atoms with Gasteiger partial charge < -0.3 is 10.1 Å². The molecule has 1 amide bonds. The summed E-state index contributed by atoms with van der Waals surface area (Å²) in [6, 6.07) is -0.736. The Kier molecular flexibility index (Phi) is 7.62. The summed E-state index contributed by atoms with van der Waals surface area (Å²) in [4.78, 5) is 21.5. The molecule has 1 atom stereocenters. The zero-order valence-electron chi connectivity index (χ0n) is 8.53. The van der Waals surface area contributed by atoms with Crippen molar-refractivity contribution in [2.24, 2.45) is 0 Å². The molecule has 4 nitrogen and oxygen atoms in total. The molecule has 5 heteroatoms. The third kappa shape index (κ3) is 5.37. The zero-order chi connectivity index (χ0) is 11.7. The van der Waals surface area contributed by atoms with Crippen molar-refractivity contribution < 1.29 is 14.3 Å². The Morgan fingerprint density at radius 1 is 1.67 bits per heavy atom. The van der Waals surface area contributed by atoms with E-state index in [2.05, 4.69) is 32.6 Å². The van der Waals surface area contributed by atoms with Gasteiger partial charge >= 0.3 is 5.97 Å². The fourth-order valence-electron chi connectivity index (χ4n) is 0.973. The maximum Gasteiger partial charge on any atom is 0.332 e. The number of amides is 1. The minimum absolute atomic E-state index is 0.470. The summed E-state index contributed by atoms with van der Waals surface area (Å²) in [5, 5.41) is 2.99. The lowest BCUT2D eigenvalue weighted by atomic mass is 10.1. The van der Waals surface area contributed by atoms with Crippen LogP contribution in [-0.2, 0) is 14.3 Å². The van der Waals surface area contributed by atoms with E-state index >= 15 is 0 Å². The molecule has 0 saturated carbocycles. The van der Waals surface area contributed by atoms with Crippen LogP contribution in [0.1, 0.15) is 6.42 Å². The molecule has 0 heterocycles. The number of hydrogen-bond donors (Lipinski definition) is 1. The number of ether oxygens (including phenoxy) is 1. The van der Waals surface area contributed by atoms with Crippen molar-refractivity contribution in [2.75, 3.05) is 12.4 Å². The van der Waals surface area contributed by atoms with Crippen LogP contribution in [0.5, 0.6) is 0 Å². The normalized spacial score (nSPS) is 12.8. The summed E-state index contributed by atoms with van der Waals surface area (Å²) in [6.07, 6.45) is 4.50. The van der Waals surface area contributed by atoms with Crippen molar-refractivity contribution in [1.82, 2.24) is 5.32 Å². The van der Waals surface area contributed by atoms with Gasteiger partial charge in [-0.2, -0.15) is 0 Å². The quantitative estimate of drug-likeness (QED) is 0.329. The molecule has 0 radical (unpaired) electrons. The van der Waals surface area contributed by atoms with Crippen LogP contribution in [0, 0.1) is 0 Å². The van der Waals surface area contributed by atoms with Gasteiger partial charge in [-0.15, -0.1) is 6.58 Å². The smallest absolute Gasteiger partial charge is 0.332 e. The first-order chi connectivity index (χ1) is 7.19. The molecule has 1 unspecified atom stereocenters. The largest absolute Gasteiger partial charge is 0.467 e. The number of carbonyl (C=O) groups excluding carboxylic acids is 2. The zero-order valence-corrected chi connectivity index (χ0v) is 10.1. The van der Waals surface area contributed by atoms with E-state index < -0.39 is 12.0 Å². The van der Waals surface area contributed by atoms with Gasteiger partial charge in [-0.25, -0.2) is 4.79 Å². The number of allylic oxidation sites excluding steroid dienone is 2. The number of rotatable bonds is 7. The maximum atomic E-state index is 11.2. The highest BCUT2D eigenvalue weighted by atomic mass is 79.9. The molecule has 0 aliphatic carbocycles. The topological polar surface area (TPSA) is 55.4 Å². The first kappa shape index (κ1) is 13.9. The standard InChI is InChI=1S/C10H14BrNO3/c1-3-4-8(6-11)5-9(12-7-13)10(14)15-2/h3,5,7,9H,1,4,6H2,2H3,(H,12,13)/b8-5-. The number of methoxy groups -OCH3 is 1. The lowest BCUT2D eigenvalue weighted by Gasteiger charge is -2.10. The molecule has 0 fully saturated rings. The van der Waals surface area contributed by atoms with E-state index in [1.165, 1.54) is 7.11 Å². The summed E-state index contributed by atoms with van der Waals surface area (Å²) >= 11 is 3.28. The molecule has 1 N–H and O–H groups in total. The molecule has 0 aliphatic rings. The molecular weight excluding hydrogens is 262 g/mol. The summed E-state index contributed by atoms with van der Waals surface area (Å²) in [5.74, 6) is -0.496. The van der Waals surface area contributed by atoms with Crippen molar-refractivity contribution in [2.45, 2.75) is 12.5 Å². The number of nitrogens with one attached hydrogen (secondary N) is 1. The highest BCUT2D eigenvalue weighted by Crippen LogP contribution is 2.08. The molecule has 0 aromatic heterocycles. The van der Waals surface area contributed by atoms with E-state index in [-0.39, 0.29) is 0 Å². The van der Waals surface area contributed by atoms with E-state index in [0.717, 1.165) is 5.57 Å². The van der Waals surface area contributed by atoms with Gasteiger partial charge in [-0.05, 0) is 6.42 Å². The van der Waals surface area contributed by atoms with Crippen molar-refractivity contribution in [3.63, 3.8) is 0 Å². The van der Waals surface area contributed by atoms with Gasteiger partial charge in [-0.3, -0.25) is 4.79 Å². The van der Waals surface area contributed by atoms with Gasteiger partial charge in [0, 0.05) is 5.33 Å². The van der Waals surface area contributed by atoms with Gasteiger partial charge in [0.1, 0.15) is 6.04 Å². The molecule has 0 spiro atoms. The van der Waals surface area contributed by atoms with E-state index in [1.54, 1.807) is 12.2 Å². The highest BCUT2D eigenvalue weighted by Gasteiger charge is 2.15. The molecule has 0 aliphatic heterocycles. The van der Waals surface area contributed by atoms with Crippen LogP contribution in [0.3, 0.4) is 0 Å². The Bertz CT molecular complexity index is 263. The third-order valence-electron chi connectivity index (χ3n) is 1.68. The van der Waals surface area contributed by atoms with Crippen molar-refractivity contribution in [1.29, 1.82) is 0 Å². The predicted octanol–water partition coefficient (Wildman–Crippen LogP) is 1.17. The maximum absolute atomic E-state index is 11.2. The molecule has 0 bridgehead atoms. The Balaban J connectivity index is 4.66. The first-order valence-electron chi connectivity index (χ1n) is 4.33. The van der Waals surface area contributed by atoms with Gasteiger partial charge in [0.05, 0.1) is 7.11 Å². The van der Waals surface area contributed by atoms with Crippen LogP contribution in [0.25, 0.3) is 0 Å². The van der Waals surface area contributed by atoms with E-state index in [0.29, 0.717) is 18.2 Å². The average Bonchev–Trinajstić information content (AvgIpc) is 2.26. The van der Waals surface area contributed by atoms with Crippen molar-refractivity contribution >= 4 is 28.3 Å². The van der Waals surface area contributed by atoms with Gasteiger partial charge in [0.15, 0.2) is 0 Å². The van der Waals surface area contributed by atoms with E-state index in [9.17, 15) is 9.59 Å². The van der Waals surface area contributed by atoms with Gasteiger partial charge in [-0.1, -0.05) is 33.7 Å². The number of esters is 1. The fourth-order valence-corrected chi connectivity index (χ4v) is 1.39. The van der Waals surface area contributed by atoms with Crippen LogP contribution < -0.4 is 5.32 Å². The Morgan fingerprint density at radius 3 is 2.73 bits per heavy atom. The van der Waals surface area contributed by atoms with Crippen LogP contribution in [0.2, 0.25) is 0 Å². The van der Waals surface area contributed by atoms with Crippen LogP contribution in [0.4, 0.5) is 0 Å². The lowest BCUT2D eigenvalue weighted by molar-refractivity contribution is -0.142. The Morgan fingerprint density at radius 2 is 2.33 bits per heavy atom. The molecule has 0 aromatic rings. The number of hydrogen-bond acceptors (Lipinski definition) is 3. The second-order valence-corrected chi connectivity index (χ2v) is 3.30. The van der Waals surface area contributed by atoms with Crippen LogP contribution >= 0.6 is 15.9 Å². The summed E-state index contributed by atoms with van der Waals surface area (Å²) in [6.45, 7) is 3.60. The first-order valence-corrected chi connectivity index (χ1v) is 5.45. The summed E-state index contributed by atoms with van der Waals surface area (Å²) < 4.78 is 4.54. The Hall–Kier alpha value is -1.10. The van der Waals surface area contributed by atoms with Crippen molar-refractivity contribution in [3.8, 4) is 0 Å². The lowest BCUT2D eigenvalue weighted by Crippen LogP contribution is -2.35. The minimum atomic E-state index is -0.736. The second-order valence-electron chi connectivity index (χ2n) is 2.74. The third-order valence-corrected chi connectivity index (χ3v) is 2.40. The number of carbonyl (C=O) groups is 2. The summed E-state index contributed by atoms with van der Waals surface area (Å²) in [7, 11) is 1.27. The van der Waals surface area contributed by atoms with Crippen LogP contribution in [-0.4, -0.2) is 30.9 Å². The fraction of sp³-hybridized carbons (Fsp3) is 0.400. The molecule has 0 aromatic carbocycles. The van der Waals surface area contributed by atoms with Gasteiger partial charge in [0.2, 0.25) is 6.41 Å². The Labute approximate surface area is 97.5 Å². The SMILES string of the molecule is C=CC/C(=C/C(NC=O)C(=O)OC)CBr. The molecule has 0 rings (SSSR count). The monoisotopic (exact) mass is 275 g/mol. The number of halogens is 1. The number of alkyl halides is 1. The highest BCUT2D eigenvalue weighted by molar-refractivity contribution is 9.09. The summed E-state index contributed by atoms with van der Waals surface area (Å²) in [5.41, 5.74) is 0.953. The van der Waals surface area contributed by atoms with Gasteiger partial charge in [0.25, 0.3) is 0 Å². The van der Waals surface area contributed by atoms with E-state index in [4.69, 9.17) is 0 Å². The second kappa shape index (κ2) is 8.23. The average molecular weight is 276 g/mol. The minimum Gasteiger partial charge on any atom is -0.467 e. The molecule has 84 valence electrons.